The number of anilines is 1. The number of nitrogens with zero attached hydrogens (tertiary/aromatic N) is 2. The van der Waals surface area contributed by atoms with E-state index in [0.717, 1.165) is 4.90 Å². The number of amides is 1. The molecule has 1 aromatic rings. The van der Waals surface area contributed by atoms with Gasteiger partial charge in [0.2, 0.25) is 11.7 Å². The van der Waals surface area contributed by atoms with Crippen molar-refractivity contribution in [2.75, 3.05) is 11.4 Å². The summed E-state index contributed by atoms with van der Waals surface area (Å²) in [5.74, 6) is -2.84. The molecule has 1 saturated heterocycles. The van der Waals surface area contributed by atoms with Crippen LogP contribution in [0, 0.1) is 21.7 Å². The number of hydrogen-bond donors (Lipinski definition) is 1. The molecule has 1 fully saturated rings. The molecule has 0 radical (unpaired) electrons. The molecule has 1 amide bonds. The maximum Gasteiger partial charge on any atom is 0.307 e. The molecule has 2 N–H and O–H groups in total. The third kappa shape index (κ3) is 1.90. The number of rotatable bonds is 2. The van der Waals surface area contributed by atoms with E-state index in [1.54, 1.807) is 0 Å². The fraction of sp³-hybridized carbons (Fsp3) is 0.300. The molecule has 0 saturated carbocycles. The Balaban J connectivity index is 2.48. The van der Waals surface area contributed by atoms with Gasteiger partial charge in [0.15, 0.2) is 0 Å². The van der Waals surface area contributed by atoms with Gasteiger partial charge in [-0.3, -0.25) is 14.9 Å². The van der Waals surface area contributed by atoms with Crippen LogP contribution in [0.5, 0.6) is 0 Å². The summed E-state index contributed by atoms with van der Waals surface area (Å²) in [7, 11) is 0. The van der Waals surface area contributed by atoms with Crippen molar-refractivity contribution in [1.82, 2.24) is 0 Å². The molecule has 2 rings (SSSR count). The second-order valence-corrected chi connectivity index (χ2v) is 3.90. The number of hydrogen-bond acceptors (Lipinski definition) is 4. The first kappa shape index (κ1) is 12.4. The maximum atomic E-state index is 13.5. The van der Waals surface area contributed by atoms with Gasteiger partial charge >= 0.3 is 5.69 Å². The molecule has 6 nitrogen and oxygen atoms in total. The fourth-order valence-corrected chi connectivity index (χ4v) is 1.81. The summed E-state index contributed by atoms with van der Waals surface area (Å²) in [6, 6.07) is 0.346. The summed E-state index contributed by atoms with van der Waals surface area (Å²) in [6.07, 6.45) is 0.323. The van der Waals surface area contributed by atoms with Crippen molar-refractivity contribution in [2.24, 2.45) is 5.73 Å². The number of halogens is 2. The van der Waals surface area contributed by atoms with Crippen molar-refractivity contribution < 1.29 is 18.5 Å². The fourth-order valence-electron chi connectivity index (χ4n) is 1.81. The van der Waals surface area contributed by atoms with Crippen molar-refractivity contribution in [3.8, 4) is 0 Å². The van der Waals surface area contributed by atoms with Gasteiger partial charge in [-0.25, -0.2) is 4.39 Å². The normalized spacial score (nSPS) is 19.4. The lowest BCUT2D eigenvalue weighted by atomic mass is 10.2. The zero-order chi connectivity index (χ0) is 13.4. The Morgan fingerprint density at radius 3 is 2.56 bits per heavy atom. The van der Waals surface area contributed by atoms with Crippen LogP contribution in [0.3, 0.4) is 0 Å². The van der Waals surface area contributed by atoms with Crippen LogP contribution in [0.2, 0.25) is 0 Å². The Bertz CT molecular complexity index is 535. The molecule has 1 atom stereocenters. The molecule has 1 unspecified atom stereocenters. The van der Waals surface area contributed by atoms with E-state index >= 15 is 0 Å². The first-order valence-electron chi connectivity index (χ1n) is 5.12. The number of nitrogens with two attached hydrogens (primary N) is 1. The summed E-state index contributed by atoms with van der Waals surface area (Å²) < 4.78 is 26.7. The molecule has 0 bridgehead atoms. The van der Waals surface area contributed by atoms with Crippen molar-refractivity contribution in [3.63, 3.8) is 0 Å². The van der Waals surface area contributed by atoms with Crippen LogP contribution in [-0.2, 0) is 4.79 Å². The van der Waals surface area contributed by atoms with E-state index in [-0.39, 0.29) is 12.2 Å². The van der Waals surface area contributed by atoms with Gasteiger partial charge in [-0.15, -0.1) is 0 Å². The molecule has 8 heteroatoms. The summed E-state index contributed by atoms with van der Waals surface area (Å²) in [5, 5.41) is 10.6. The molecule has 1 aromatic carbocycles. The number of nitro benzene ring substituents is 1. The van der Waals surface area contributed by atoms with Crippen molar-refractivity contribution >= 4 is 17.3 Å². The average Bonchev–Trinajstić information content (AvgIpc) is 2.60. The van der Waals surface area contributed by atoms with E-state index in [2.05, 4.69) is 0 Å². The molecule has 0 aliphatic carbocycles. The van der Waals surface area contributed by atoms with Crippen molar-refractivity contribution in [1.29, 1.82) is 0 Å². The van der Waals surface area contributed by atoms with E-state index in [1.807, 2.05) is 0 Å². The van der Waals surface area contributed by atoms with E-state index in [4.69, 9.17) is 5.73 Å². The molecule has 0 spiro atoms. The van der Waals surface area contributed by atoms with Gasteiger partial charge in [0.25, 0.3) is 0 Å². The minimum Gasteiger partial charge on any atom is -0.320 e. The highest BCUT2D eigenvalue weighted by molar-refractivity contribution is 5.99. The van der Waals surface area contributed by atoms with Crippen molar-refractivity contribution in [3.05, 3.63) is 33.9 Å². The molecule has 1 heterocycles. The molecule has 1 aliphatic rings. The highest BCUT2D eigenvalue weighted by atomic mass is 19.1. The Morgan fingerprint density at radius 2 is 2.06 bits per heavy atom. The second-order valence-electron chi connectivity index (χ2n) is 3.90. The topological polar surface area (TPSA) is 89.5 Å². The number of carbonyl (C=O) groups is 1. The summed E-state index contributed by atoms with van der Waals surface area (Å²) in [4.78, 5) is 22.2. The second kappa shape index (κ2) is 4.30. The quantitative estimate of drug-likeness (QED) is 0.630. The summed E-state index contributed by atoms with van der Waals surface area (Å²) >= 11 is 0. The van der Waals surface area contributed by atoms with Crippen LogP contribution in [-0.4, -0.2) is 23.4 Å². The predicted octanol–water partition coefficient (Wildman–Crippen LogP) is 0.937. The van der Waals surface area contributed by atoms with Crippen molar-refractivity contribution in [2.45, 2.75) is 12.5 Å². The van der Waals surface area contributed by atoms with E-state index in [9.17, 15) is 23.7 Å². The highest BCUT2D eigenvalue weighted by Gasteiger charge is 2.33. The molecular formula is C10H9F2N3O3. The van der Waals surface area contributed by atoms with Crippen LogP contribution >= 0.6 is 0 Å². The van der Waals surface area contributed by atoms with Gasteiger partial charge < -0.3 is 10.6 Å². The third-order valence-corrected chi connectivity index (χ3v) is 2.75. The van der Waals surface area contributed by atoms with Gasteiger partial charge in [-0.2, -0.15) is 4.39 Å². The SMILES string of the molecule is NC1CCN(c2cc([N+](=O)[O-])c(F)cc2F)C1=O. The lowest BCUT2D eigenvalue weighted by Gasteiger charge is -2.16. The van der Waals surface area contributed by atoms with Gasteiger partial charge in [-0.05, 0) is 6.42 Å². The largest absolute Gasteiger partial charge is 0.320 e. The zero-order valence-corrected chi connectivity index (χ0v) is 9.10. The van der Waals surface area contributed by atoms with Crippen LogP contribution in [0.4, 0.5) is 20.2 Å². The molecule has 1 aliphatic heterocycles. The standard InChI is InChI=1S/C10H9F2N3O3/c11-5-3-6(12)9(15(17)18)4-8(5)14-2-1-7(13)10(14)16/h3-4,7H,1-2,13H2. The Labute approximate surface area is 100 Å². The monoisotopic (exact) mass is 257 g/mol. The lowest BCUT2D eigenvalue weighted by Crippen LogP contribution is -2.34. The highest BCUT2D eigenvalue weighted by Crippen LogP contribution is 2.30. The van der Waals surface area contributed by atoms with Crippen LogP contribution in [0.1, 0.15) is 6.42 Å². The smallest absolute Gasteiger partial charge is 0.307 e. The van der Waals surface area contributed by atoms with E-state index in [1.165, 1.54) is 0 Å². The minimum absolute atomic E-state index is 0.152. The third-order valence-electron chi connectivity index (χ3n) is 2.75. The van der Waals surface area contributed by atoms with E-state index < -0.39 is 34.2 Å². The molecule has 96 valence electrons. The lowest BCUT2D eigenvalue weighted by molar-refractivity contribution is -0.387. The summed E-state index contributed by atoms with van der Waals surface area (Å²) in [6.45, 7) is 0.152. The predicted molar refractivity (Wildman–Crippen MR) is 58.0 cm³/mol. The number of nitro groups is 1. The Hall–Kier alpha value is -2.09. The summed E-state index contributed by atoms with van der Waals surface area (Å²) in [5.41, 5.74) is 4.27. The average molecular weight is 257 g/mol. The Morgan fingerprint density at radius 1 is 1.39 bits per heavy atom. The van der Waals surface area contributed by atoms with E-state index in [0.29, 0.717) is 18.6 Å². The first-order chi connectivity index (χ1) is 8.41. The van der Waals surface area contributed by atoms with Gasteiger partial charge in [0.05, 0.1) is 16.7 Å². The number of benzene rings is 1. The first-order valence-corrected chi connectivity index (χ1v) is 5.12. The molecular weight excluding hydrogens is 248 g/mol. The van der Waals surface area contributed by atoms with Gasteiger partial charge in [-0.1, -0.05) is 0 Å². The van der Waals surface area contributed by atoms with Gasteiger partial charge in [0, 0.05) is 18.7 Å². The van der Waals surface area contributed by atoms with Crippen LogP contribution in [0.25, 0.3) is 0 Å². The molecule has 18 heavy (non-hydrogen) atoms. The van der Waals surface area contributed by atoms with Gasteiger partial charge in [0.1, 0.15) is 5.82 Å². The maximum absolute atomic E-state index is 13.5. The zero-order valence-electron chi connectivity index (χ0n) is 9.10. The number of carbonyl (C=O) groups excluding carboxylic acids is 1. The minimum atomic E-state index is -1.28. The van der Waals surface area contributed by atoms with Crippen LogP contribution < -0.4 is 10.6 Å². The molecule has 0 aromatic heterocycles. The Kier molecular flexibility index (Phi) is 2.95. The van der Waals surface area contributed by atoms with Crippen LogP contribution in [0.15, 0.2) is 12.1 Å².